The van der Waals surface area contributed by atoms with Crippen LogP contribution in [0.2, 0.25) is 0 Å². The third-order valence-corrected chi connectivity index (χ3v) is 8.75. The number of anilines is 1. The first-order chi connectivity index (χ1) is 19.3. The molecule has 3 aliphatic rings. The summed E-state index contributed by atoms with van der Waals surface area (Å²) in [5.74, 6) is 1.43. The molecule has 1 aromatic carbocycles. The van der Waals surface area contributed by atoms with Gasteiger partial charge in [-0.2, -0.15) is 0 Å². The van der Waals surface area contributed by atoms with E-state index in [1.165, 1.54) is 32.1 Å². The third-order valence-electron chi connectivity index (χ3n) is 8.75. The number of benzene rings is 1. The lowest BCUT2D eigenvalue weighted by atomic mass is 9.89. The second-order valence-electron chi connectivity index (χ2n) is 12.2. The first-order valence-corrected chi connectivity index (χ1v) is 15.3. The van der Waals surface area contributed by atoms with Crippen molar-refractivity contribution in [2.45, 2.75) is 70.9 Å². The van der Waals surface area contributed by atoms with E-state index in [4.69, 9.17) is 9.47 Å². The minimum Gasteiger partial charge on any atom is -0.488 e. The summed E-state index contributed by atoms with van der Waals surface area (Å²) in [7, 11) is 2.17. The molecule has 2 N–H and O–H groups in total. The lowest BCUT2D eigenvalue weighted by Gasteiger charge is -2.35. The molecule has 2 aliphatic heterocycles. The maximum atomic E-state index is 13.5. The van der Waals surface area contributed by atoms with Crippen LogP contribution in [0.3, 0.4) is 0 Å². The van der Waals surface area contributed by atoms with Gasteiger partial charge in [0.2, 0.25) is 11.8 Å². The highest BCUT2D eigenvalue weighted by molar-refractivity contribution is 5.91. The number of rotatable bonds is 10. The van der Waals surface area contributed by atoms with Gasteiger partial charge in [-0.3, -0.25) is 14.5 Å². The van der Waals surface area contributed by atoms with Gasteiger partial charge in [-0.05, 0) is 50.9 Å². The van der Waals surface area contributed by atoms with Crippen LogP contribution in [0.4, 0.5) is 5.69 Å². The molecule has 0 bridgehead atoms. The number of morpholine rings is 1. The Bertz CT molecular complexity index is 963. The fourth-order valence-electron chi connectivity index (χ4n) is 6.23. The summed E-state index contributed by atoms with van der Waals surface area (Å²) in [6.45, 7) is 10.1. The minimum absolute atomic E-state index is 0.0368. The number of amides is 2. The van der Waals surface area contributed by atoms with Crippen LogP contribution in [0.1, 0.15) is 57.9 Å². The van der Waals surface area contributed by atoms with Crippen LogP contribution in [0.25, 0.3) is 0 Å². The van der Waals surface area contributed by atoms with E-state index < -0.39 is 0 Å². The third kappa shape index (κ3) is 8.90. The number of fused-ring (bicyclic) bond motifs is 1. The second-order valence-corrected chi connectivity index (χ2v) is 12.2. The molecular formula is C31H50N4O5. The van der Waals surface area contributed by atoms with Crippen LogP contribution in [0.15, 0.2) is 18.2 Å². The normalized spacial score (nSPS) is 24.0. The van der Waals surface area contributed by atoms with E-state index in [2.05, 4.69) is 29.1 Å². The van der Waals surface area contributed by atoms with Gasteiger partial charge < -0.3 is 29.7 Å². The van der Waals surface area contributed by atoms with Crippen LogP contribution in [-0.4, -0.2) is 110 Å². The predicted octanol–water partition coefficient (Wildman–Crippen LogP) is 3.01. The average molecular weight is 559 g/mol. The smallest absolute Gasteiger partial charge is 0.227 e. The van der Waals surface area contributed by atoms with Crippen molar-refractivity contribution in [3.8, 4) is 5.75 Å². The molecular weight excluding hydrogens is 508 g/mol. The SMILES string of the molecule is C[C@H]1CN([C@@H](C)CO)C(=O)Cc2cc(NC(=O)CCN3CCOCC3)ccc2O[C@H]1CN(C)CC1CCCCC1. The van der Waals surface area contributed by atoms with Crippen LogP contribution < -0.4 is 10.1 Å². The summed E-state index contributed by atoms with van der Waals surface area (Å²) in [4.78, 5) is 32.6. The fourth-order valence-corrected chi connectivity index (χ4v) is 6.23. The summed E-state index contributed by atoms with van der Waals surface area (Å²) >= 11 is 0. The molecule has 9 heteroatoms. The molecule has 40 heavy (non-hydrogen) atoms. The quantitative estimate of drug-likeness (QED) is 0.456. The Hall–Kier alpha value is -2.20. The fraction of sp³-hybridized carbons (Fsp3) is 0.742. The molecule has 224 valence electrons. The van der Waals surface area contributed by atoms with Gasteiger partial charge in [-0.25, -0.2) is 0 Å². The maximum Gasteiger partial charge on any atom is 0.227 e. The number of nitrogens with one attached hydrogen (secondary N) is 1. The Morgan fingerprint density at radius 2 is 1.93 bits per heavy atom. The van der Waals surface area contributed by atoms with E-state index in [-0.39, 0.29) is 42.9 Å². The number of hydrogen-bond acceptors (Lipinski definition) is 7. The monoisotopic (exact) mass is 558 g/mol. The number of likely N-dealkylation sites (N-methyl/N-ethyl adjacent to an activating group) is 1. The highest BCUT2D eigenvalue weighted by Gasteiger charge is 2.31. The van der Waals surface area contributed by atoms with Gasteiger partial charge in [-0.15, -0.1) is 0 Å². The van der Waals surface area contributed by atoms with Crippen LogP contribution in [0, 0.1) is 11.8 Å². The molecule has 1 saturated heterocycles. The van der Waals surface area contributed by atoms with E-state index in [1.54, 1.807) is 4.90 Å². The first-order valence-electron chi connectivity index (χ1n) is 15.3. The average Bonchev–Trinajstić information content (AvgIpc) is 3.00. The predicted molar refractivity (Wildman–Crippen MR) is 157 cm³/mol. The molecule has 0 unspecified atom stereocenters. The van der Waals surface area contributed by atoms with Crippen molar-refractivity contribution in [1.29, 1.82) is 0 Å². The van der Waals surface area contributed by atoms with Crippen LogP contribution in [0.5, 0.6) is 5.75 Å². The van der Waals surface area contributed by atoms with Crippen molar-refractivity contribution in [1.82, 2.24) is 14.7 Å². The zero-order valence-electron chi connectivity index (χ0n) is 24.8. The van der Waals surface area contributed by atoms with Crippen molar-refractivity contribution in [3.63, 3.8) is 0 Å². The largest absolute Gasteiger partial charge is 0.488 e. The number of aliphatic hydroxyl groups excluding tert-OH is 1. The highest BCUT2D eigenvalue weighted by Crippen LogP contribution is 2.30. The van der Waals surface area contributed by atoms with E-state index in [1.807, 2.05) is 25.1 Å². The van der Waals surface area contributed by atoms with Crippen molar-refractivity contribution in [2.75, 3.05) is 71.5 Å². The van der Waals surface area contributed by atoms with E-state index in [0.29, 0.717) is 44.2 Å². The summed E-state index contributed by atoms with van der Waals surface area (Å²) in [5, 5.41) is 12.9. The summed E-state index contributed by atoms with van der Waals surface area (Å²) in [6, 6.07) is 5.36. The Morgan fingerprint density at radius 1 is 1.18 bits per heavy atom. The first kappa shape index (κ1) is 30.8. The van der Waals surface area contributed by atoms with Gasteiger partial charge in [0.1, 0.15) is 11.9 Å². The molecule has 1 aromatic rings. The standard InChI is InChI=1S/C31H50N4O5/c1-23-19-35(24(2)22-36)31(38)18-26-17-27(32-30(37)11-12-34-13-15-39-16-14-34)9-10-28(26)40-29(23)21-33(3)20-25-7-5-4-6-8-25/h9-10,17,23-25,29,36H,4-8,11-16,18-22H2,1-3H3,(H,32,37)/t23-,24-,29-/m0/s1. The molecule has 2 fully saturated rings. The van der Waals surface area contributed by atoms with Gasteiger partial charge in [0, 0.05) is 62.9 Å². The molecule has 1 aliphatic carbocycles. The van der Waals surface area contributed by atoms with Crippen molar-refractivity contribution in [3.05, 3.63) is 23.8 Å². The lowest BCUT2D eigenvalue weighted by Crippen LogP contribution is -2.48. The topological polar surface area (TPSA) is 94.6 Å². The minimum atomic E-state index is -0.278. The Labute approximate surface area is 240 Å². The second kappa shape index (κ2) is 15.1. The van der Waals surface area contributed by atoms with Crippen LogP contribution in [-0.2, 0) is 20.7 Å². The van der Waals surface area contributed by atoms with Crippen molar-refractivity contribution < 1.29 is 24.2 Å². The van der Waals surface area contributed by atoms with Gasteiger partial charge in [-0.1, -0.05) is 26.2 Å². The Balaban J connectivity index is 1.47. The summed E-state index contributed by atoms with van der Waals surface area (Å²) in [5.41, 5.74) is 1.43. The number of nitrogens with zero attached hydrogens (tertiary/aromatic N) is 3. The number of carbonyl (C=O) groups excluding carboxylic acids is 2. The van der Waals surface area contributed by atoms with Crippen LogP contribution >= 0.6 is 0 Å². The molecule has 3 atom stereocenters. The lowest BCUT2D eigenvalue weighted by molar-refractivity contribution is -0.134. The number of carbonyl (C=O) groups is 2. The zero-order valence-corrected chi connectivity index (χ0v) is 24.8. The highest BCUT2D eigenvalue weighted by atomic mass is 16.5. The molecule has 9 nitrogen and oxygen atoms in total. The molecule has 0 aromatic heterocycles. The Morgan fingerprint density at radius 3 is 2.65 bits per heavy atom. The molecule has 1 saturated carbocycles. The number of hydrogen-bond donors (Lipinski definition) is 2. The number of ether oxygens (including phenoxy) is 2. The van der Waals surface area contributed by atoms with Gasteiger partial charge in [0.05, 0.1) is 32.3 Å². The Kier molecular flexibility index (Phi) is 11.6. The summed E-state index contributed by atoms with van der Waals surface area (Å²) < 4.78 is 12.1. The molecule has 4 rings (SSSR count). The van der Waals surface area contributed by atoms with Crippen molar-refractivity contribution in [2.24, 2.45) is 11.8 Å². The summed E-state index contributed by atoms with van der Waals surface area (Å²) in [6.07, 6.45) is 7.05. The van der Waals surface area contributed by atoms with E-state index in [9.17, 15) is 14.7 Å². The molecule has 2 heterocycles. The zero-order chi connectivity index (χ0) is 28.5. The maximum absolute atomic E-state index is 13.5. The van der Waals surface area contributed by atoms with Gasteiger partial charge in [0.25, 0.3) is 0 Å². The van der Waals surface area contributed by atoms with Crippen molar-refractivity contribution >= 4 is 17.5 Å². The molecule has 0 spiro atoms. The number of aliphatic hydroxyl groups is 1. The molecule has 2 amide bonds. The van der Waals surface area contributed by atoms with E-state index >= 15 is 0 Å². The van der Waals surface area contributed by atoms with E-state index in [0.717, 1.165) is 37.7 Å². The van der Waals surface area contributed by atoms with Gasteiger partial charge in [0.15, 0.2) is 0 Å². The molecule has 0 radical (unpaired) electrons. The van der Waals surface area contributed by atoms with Gasteiger partial charge >= 0.3 is 0 Å².